The summed E-state index contributed by atoms with van der Waals surface area (Å²) >= 11 is 0. The zero-order valence-corrected chi connectivity index (χ0v) is 12.2. The van der Waals surface area contributed by atoms with Crippen LogP contribution in [0.1, 0.15) is 48.0 Å². The van der Waals surface area contributed by atoms with Gasteiger partial charge in [-0.05, 0) is 6.42 Å². The molecule has 0 saturated heterocycles. The lowest BCUT2D eigenvalue weighted by Gasteiger charge is -1.95. The molecule has 1 heteroatoms. The Hall–Kier alpha value is -0.715. The summed E-state index contributed by atoms with van der Waals surface area (Å²) in [5.74, 6) is 0.676. The number of hydrogen-bond donors (Lipinski definition) is 0. The average molecular weight is 220 g/mol. The van der Waals surface area contributed by atoms with Crippen LogP contribution in [0.5, 0.6) is 0 Å². The fourth-order valence-electron chi connectivity index (χ4n) is 1.28. The monoisotopic (exact) mass is 220 g/mol. The summed E-state index contributed by atoms with van der Waals surface area (Å²) < 4.78 is 0. The Bertz CT molecular complexity index is 188. The Kier molecular flexibility index (Phi) is 25.6. The Labute approximate surface area is 105 Å². The van der Waals surface area contributed by atoms with Crippen LogP contribution in [0.4, 0.5) is 0 Å². The van der Waals surface area contributed by atoms with E-state index in [1.807, 2.05) is 41.5 Å². The van der Waals surface area contributed by atoms with Crippen molar-refractivity contribution in [3.8, 4) is 0 Å². The summed E-state index contributed by atoms with van der Waals surface area (Å²) in [4.78, 5) is 0. The normalized spacial score (nSPS) is 16.9. The molecule has 0 aromatic carbocycles. The fourth-order valence-corrected chi connectivity index (χ4v) is 1.28. The van der Waals surface area contributed by atoms with E-state index >= 15 is 0 Å². The van der Waals surface area contributed by atoms with E-state index in [0.29, 0.717) is 5.92 Å². The molecule has 0 N–H and O–H groups in total. The lowest BCUT2D eigenvalue weighted by molar-refractivity contribution is 1.01. The summed E-state index contributed by atoms with van der Waals surface area (Å²) in [6.07, 6.45) is 12.3. The van der Waals surface area contributed by atoms with Crippen LogP contribution in [-0.2, 0) is 0 Å². The zero-order chi connectivity index (χ0) is 13.4. The maximum absolute atomic E-state index is 4.50. The molecular weight excluding hydrogens is 191 g/mol. The molecule has 92 valence electrons. The van der Waals surface area contributed by atoms with Crippen LogP contribution >= 0.6 is 0 Å². The van der Waals surface area contributed by atoms with Gasteiger partial charge in [-0.15, -0.1) is 0 Å². The van der Waals surface area contributed by atoms with Crippen LogP contribution in [0.3, 0.4) is 0 Å². The third-order valence-corrected chi connectivity index (χ3v) is 1.75. The molecule has 0 aromatic heterocycles. The van der Waals surface area contributed by atoms with Crippen LogP contribution in [0.15, 0.2) is 36.0 Å². The van der Waals surface area contributed by atoms with E-state index in [4.69, 9.17) is 0 Å². The molecule has 2 rings (SSSR count). The van der Waals surface area contributed by atoms with Crippen molar-refractivity contribution < 1.29 is 0 Å². The average Bonchev–Trinajstić information content (AvgIpc) is 3.02. The highest BCUT2D eigenvalue weighted by Gasteiger charge is 2.13. The van der Waals surface area contributed by atoms with Crippen molar-refractivity contribution in [2.45, 2.75) is 54.8 Å². The minimum atomic E-state index is 0.676. The van der Waals surface area contributed by atoms with Crippen LogP contribution in [0.25, 0.3) is 0 Å². The first-order chi connectivity index (χ1) is 7.97. The van der Waals surface area contributed by atoms with Crippen molar-refractivity contribution in [1.29, 1.82) is 0 Å². The quantitative estimate of drug-likeness (QED) is 0.381. The zero-order valence-electron chi connectivity index (χ0n) is 12.2. The molecule has 0 spiro atoms. The summed E-state index contributed by atoms with van der Waals surface area (Å²) in [6.45, 7) is 13.5. The van der Waals surface area contributed by atoms with Gasteiger partial charge in [-0.3, -0.25) is 0 Å². The van der Waals surface area contributed by atoms with E-state index < -0.39 is 0 Å². The second-order valence-corrected chi connectivity index (χ2v) is 2.28. The van der Waals surface area contributed by atoms with Gasteiger partial charge in [0.1, 0.15) is 0 Å². The Balaban J connectivity index is -0.000000183. The van der Waals surface area contributed by atoms with E-state index in [0.717, 1.165) is 0 Å². The van der Waals surface area contributed by atoms with E-state index in [1.165, 1.54) is 13.2 Å². The van der Waals surface area contributed by atoms with Gasteiger partial charge < -0.3 is 0 Å². The van der Waals surface area contributed by atoms with Gasteiger partial charge in [0.05, 0.1) is 7.85 Å². The highest BCUT2D eigenvalue weighted by atomic mass is 14.2. The number of fused-ring (bicyclic) bond motifs is 1. The first-order valence-electron chi connectivity index (χ1n) is 6.58. The molecule has 16 heavy (non-hydrogen) atoms. The van der Waals surface area contributed by atoms with E-state index in [-0.39, 0.29) is 0 Å². The van der Waals surface area contributed by atoms with Crippen LogP contribution < -0.4 is 0 Å². The van der Waals surface area contributed by atoms with Crippen LogP contribution in [0.2, 0.25) is 6.82 Å². The molecule has 0 aliphatic heterocycles. The van der Waals surface area contributed by atoms with Crippen LogP contribution in [0, 0.1) is 5.92 Å². The Morgan fingerprint density at radius 2 is 1.44 bits per heavy atom. The van der Waals surface area contributed by atoms with Crippen molar-refractivity contribution >= 4 is 7.85 Å². The van der Waals surface area contributed by atoms with Crippen molar-refractivity contribution in [1.82, 2.24) is 0 Å². The van der Waals surface area contributed by atoms with Gasteiger partial charge in [-0.1, -0.05) is 84.3 Å². The van der Waals surface area contributed by atoms with Gasteiger partial charge in [-0.2, -0.15) is 0 Å². The molecule has 0 heterocycles. The highest BCUT2D eigenvalue weighted by molar-refractivity contribution is 6.05. The molecule has 0 saturated carbocycles. The predicted molar refractivity (Wildman–Crippen MR) is 80.1 cm³/mol. The topological polar surface area (TPSA) is 0 Å². The maximum atomic E-state index is 4.50. The number of hydrogen-bond acceptors (Lipinski definition) is 0. The second-order valence-electron chi connectivity index (χ2n) is 2.28. The first kappa shape index (κ1) is 20.7. The van der Waals surface area contributed by atoms with E-state index in [2.05, 4.69) is 38.2 Å². The molecule has 2 radical (unpaired) electrons. The maximum Gasteiger partial charge on any atom is 0.0606 e. The molecule has 0 bridgehead atoms. The summed E-state index contributed by atoms with van der Waals surface area (Å²) in [7, 11) is 4.50. The molecule has 0 fully saturated rings. The van der Waals surface area contributed by atoms with Gasteiger partial charge in [0.2, 0.25) is 0 Å². The summed E-state index contributed by atoms with van der Waals surface area (Å²) in [5, 5.41) is 0. The Morgan fingerprint density at radius 3 is 1.88 bits per heavy atom. The molecule has 2 aliphatic rings. The van der Waals surface area contributed by atoms with Gasteiger partial charge in [0, 0.05) is 5.92 Å². The lowest BCUT2D eigenvalue weighted by atomic mass is 10.1. The van der Waals surface area contributed by atoms with Crippen molar-refractivity contribution in [3.05, 3.63) is 36.0 Å². The number of allylic oxidation sites excluding steroid dienone is 6. The molecular formula is C15H29B. The lowest BCUT2D eigenvalue weighted by Crippen LogP contribution is -1.83. The minimum Gasteiger partial charge on any atom is -0.0999 e. The summed E-state index contributed by atoms with van der Waals surface area (Å²) in [6, 6.07) is 0. The molecule has 2 aliphatic carbocycles. The van der Waals surface area contributed by atoms with Gasteiger partial charge in [0.15, 0.2) is 0 Å². The Morgan fingerprint density at radius 1 is 0.938 bits per heavy atom. The van der Waals surface area contributed by atoms with E-state index in [9.17, 15) is 0 Å². The summed E-state index contributed by atoms with van der Waals surface area (Å²) in [5.41, 5.74) is 1.56. The van der Waals surface area contributed by atoms with Gasteiger partial charge in [-0.25, -0.2) is 0 Å². The molecule has 1 atom stereocenters. The van der Waals surface area contributed by atoms with Gasteiger partial charge >= 0.3 is 0 Å². The third kappa shape index (κ3) is 8.58. The van der Waals surface area contributed by atoms with Crippen molar-refractivity contribution in [3.63, 3.8) is 0 Å². The fraction of sp³-hybridized carbons (Fsp3) is 0.600. The molecule has 0 aromatic rings. The predicted octanol–water partition coefficient (Wildman–Crippen LogP) is 5.34. The van der Waals surface area contributed by atoms with E-state index in [1.54, 1.807) is 5.57 Å². The number of rotatable bonds is 0. The highest BCUT2D eigenvalue weighted by Crippen LogP contribution is 2.28. The third-order valence-electron chi connectivity index (χ3n) is 1.75. The largest absolute Gasteiger partial charge is 0.0999 e. The molecule has 0 nitrogen and oxygen atoms in total. The first-order valence-corrected chi connectivity index (χ1v) is 6.58. The molecule has 0 amide bonds. The van der Waals surface area contributed by atoms with Crippen molar-refractivity contribution in [2.24, 2.45) is 5.92 Å². The molecule has 1 unspecified atom stereocenters. The standard InChI is InChI=1S/C8H8.3C2H6.CH3B/c1-3-7-5-2-6-8(7)4-1;4*1-2/h1-5,7H,6H2;3*1-2H3;1H3. The smallest absolute Gasteiger partial charge is 0.0606 e. The SMILES string of the molecule is C1=CC2C=CCC2=C1.CC.CC.CC.[B]C. The second kappa shape index (κ2) is 19.8. The minimum absolute atomic E-state index is 0.676. The van der Waals surface area contributed by atoms with Gasteiger partial charge in [0.25, 0.3) is 0 Å². The van der Waals surface area contributed by atoms with Crippen LogP contribution in [-0.4, -0.2) is 7.85 Å². The van der Waals surface area contributed by atoms with Crippen molar-refractivity contribution in [2.75, 3.05) is 0 Å².